The SMILES string of the molecule is CC(C)C(=O)N[C@H]1C(C)(C)[C@@H]2C[C@@H]3[C@@H](c4ccccc4OCC(=O)O)OCCC31C2. The lowest BCUT2D eigenvalue weighted by Crippen LogP contribution is -2.59. The van der Waals surface area contributed by atoms with Gasteiger partial charge in [-0.3, -0.25) is 4.79 Å². The van der Waals surface area contributed by atoms with Crippen LogP contribution in [0.3, 0.4) is 0 Å². The minimum atomic E-state index is -0.996. The molecule has 6 nitrogen and oxygen atoms in total. The van der Waals surface area contributed by atoms with Crippen LogP contribution >= 0.6 is 0 Å². The van der Waals surface area contributed by atoms with Gasteiger partial charge in [0.1, 0.15) is 5.75 Å². The Balaban J connectivity index is 1.67. The fraction of sp³-hybridized carbons (Fsp3) is 0.667. The third-order valence-electron chi connectivity index (χ3n) is 7.89. The first-order valence-corrected chi connectivity index (χ1v) is 11.0. The molecule has 1 spiro atoms. The molecule has 2 aliphatic carbocycles. The van der Waals surface area contributed by atoms with E-state index in [2.05, 4.69) is 19.2 Å². The molecule has 1 aromatic carbocycles. The summed E-state index contributed by atoms with van der Waals surface area (Å²) in [7, 11) is 0. The van der Waals surface area contributed by atoms with Crippen molar-refractivity contribution >= 4 is 11.9 Å². The van der Waals surface area contributed by atoms with Crippen molar-refractivity contribution in [1.29, 1.82) is 0 Å². The average Bonchev–Trinajstić information content (AvgIpc) is 3.19. The molecule has 3 fully saturated rings. The Morgan fingerprint density at radius 2 is 2.03 bits per heavy atom. The number of ether oxygens (including phenoxy) is 2. The van der Waals surface area contributed by atoms with E-state index in [1.165, 1.54) is 0 Å². The molecule has 2 N–H and O–H groups in total. The van der Waals surface area contributed by atoms with Crippen LogP contribution in [0.25, 0.3) is 0 Å². The molecule has 2 bridgehead atoms. The third kappa shape index (κ3) is 3.29. The number of amides is 1. The van der Waals surface area contributed by atoms with Crippen LogP contribution < -0.4 is 10.1 Å². The third-order valence-corrected chi connectivity index (χ3v) is 7.89. The van der Waals surface area contributed by atoms with Gasteiger partial charge in [0.05, 0.1) is 6.10 Å². The first kappa shape index (κ1) is 21.2. The predicted octanol–water partition coefficient (Wildman–Crippen LogP) is 3.80. The van der Waals surface area contributed by atoms with Gasteiger partial charge in [-0.2, -0.15) is 0 Å². The van der Waals surface area contributed by atoms with Crippen LogP contribution in [0.2, 0.25) is 0 Å². The summed E-state index contributed by atoms with van der Waals surface area (Å²) in [6.07, 6.45) is 2.95. The predicted molar refractivity (Wildman–Crippen MR) is 112 cm³/mol. The van der Waals surface area contributed by atoms with Crippen molar-refractivity contribution in [3.8, 4) is 5.75 Å². The molecule has 164 valence electrons. The molecular weight excluding hydrogens is 382 g/mol. The van der Waals surface area contributed by atoms with Gasteiger partial charge < -0.3 is 19.9 Å². The summed E-state index contributed by atoms with van der Waals surface area (Å²) in [6, 6.07) is 7.72. The van der Waals surface area contributed by atoms with Crippen LogP contribution in [-0.4, -0.2) is 36.2 Å². The van der Waals surface area contributed by atoms with Crippen molar-refractivity contribution in [1.82, 2.24) is 5.32 Å². The molecule has 0 radical (unpaired) electrons. The smallest absolute Gasteiger partial charge is 0.341 e. The van der Waals surface area contributed by atoms with Crippen LogP contribution in [0, 0.1) is 28.6 Å². The number of hydrogen-bond donors (Lipinski definition) is 2. The van der Waals surface area contributed by atoms with Crippen molar-refractivity contribution in [3.63, 3.8) is 0 Å². The van der Waals surface area contributed by atoms with E-state index in [0.717, 1.165) is 24.8 Å². The minimum absolute atomic E-state index is 0.00153. The Morgan fingerprint density at radius 3 is 2.73 bits per heavy atom. The molecule has 0 aromatic heterocycles. The summed E-state index contributed by atoms with van der Waals surface area (Å²) < 4.78 is 11.9. The maximum absolute atomic E-state index is 12.7. The monoisotopic (exact) mass is 415 g/mol. The van der Waals surface area contributed by atoms with E-state index in [1.54, 1.807) is 0 Å². The Morgan fingerprint density at radius 1 is 1.30 bits per heavy atom. The van der Waals surface area contributed by atoms with E-state index in [1.807, 2.05) is 38.1 Å². The summed E-state index contributed by atoms with van der Waals surface area (Å²) in [5, 5.41) is 12.4. The van der Waals surface area contributed by atoms with Gasteiger partial charge in [-0.1, -0.05) is 45.9 Å². The van der Waals surface area contributed by atoms with Crippen LogP contribution in [0.5, 0.6) is 5.75 Å². The standard InChI is InChI=1S/C24H33NO5/c1-14(2)21(28)25-22-23(3,4)15-11-17-20(29-10-9-24(17,22)12-15)16-7-5-6-8-18(16)30-13-19(26)27/h5-8,14-15,17,20,22H,9-13H2,1-4H3,(H,25,28)(H,26,27)/t15-,17-,20-,22+,24?/m1/s1. The highest BCUT2D eigenvalue weighted by molar-refractivity contribution is 5.78. The van der Waals surface area contributed by atoms with Crippen molar-refractivity contribution < 1.29 is 24.2 Å². The molecule has 6 heteroatoms. The number of hydrogen-bond acceptors (Lipinski definition) is 4. The first-order chi connectivity index (χ1) is 14.2. The number of rotatable bonds is 6. The number of nitrogens with one attached hydrogen (secondary N) is 1. The highest BCUT2D eigenvalue weighted by atomic mass is 16.5. The van der Waals surface area contributed by atoms with E-state index in [4.69, 9.17) is 14.6 Å². The molecule has 2 saturated carbocycles. The second-order valence-corrected chi connectivity index (χ2v) is 10.2. The lowest BCUT2D eigenvalue weighted by atomic mass is 9.58. The van der Waals surface area contributed by atoms with E-state index in [0.29, 0.717) is 18.3 Å². The Bertz CT molecular complexity index is 835. The van der Waals surface area contributed by atoms with Crippen LogP contribution in [0.1, 0.15) is 58.6 Å². The molecule has 1 heterocycles. The highest BCUT2D eigenvalue weighted by Gasteiger charge is 2.68. The van der Waals surface area contributed by atoms with E-state index >= 15 is 0 Å². The molecule has 1 aliphatic heterocycles. The number of carboxylic acids is 1. The van der Waals surface area contributed by atoms with Gasteiger partial charge in [-0.15, -0.1) is 0 Å². The van der Waals surface area contributed by atoms with Gasteiger partial charge in [0.15, 0.2) is 6.61 Å². The van der Waals surface area contributed by atoms with E-state index in [9.17, 15) is 9.59 Å². The second-order valence-electron chi connectivity index (χ2n) is 10.2. The van der Waals surface area contributed by atoms with Gasteiger partial charge in [0.2, 0.25) is 5.91 Å². The molecule has 1 aromatic rings. The second kappa shape index (κ2) is 7.56. The quantitative estimate of drug-likeness (QED) is 0.738. The van der Waals surface area contributed by atoms with Gasteiger partial charge in [0.25, 0.3) is 0 Å². The lowest BCUT2D eigenvalue weighted by Gasteiger charge is -2.53. The molecule has 3 aliphatic rings. The summed E-state index contributed by atoms with van der Waals surface area (Å²) in [5.41, 5.74) is 0.964. The molecule has 5 atom stereocenters. The first-order valence-electron chi connectivity index (χ1n) is 11.0. The molecule has 30 heavy (non-hydrogen) atoms. The Labute approximate surface area is 178 Å². The van der Waals surface area contributed by atoms with Crippen molar-refractivity contribution in [2.75, 3.05) is 13.2 Å². The number of carboxylic acid groups (broad SMARTS) is 1. The van der Waals surface area contributed by atoms with E-state index < -0.39 is 5.97 Å². The summed E-state index contributed by atoms with van der Waals surface area (Å²) in [4.78, 5) is 23.7. The Kier molecular flexibility index (Phi) is 5.33. The fourth-order valence-corrected chi connectivity index (χ4v) is 6.39. The lowest BCUT2D eigenvalue weighted by molar-refractivity contribution is -0.140. The van der Waals surface area contributed by atoms with Gasteiger partial charge in [-0.05, 0) is 48.0 Å². The fourth-order valence-electron chi connectivity index (χ4n) is 6.39. The molecule has 1 amide bonds. The summed E-state index contributed by atoms with van der Waals surface area (Å²) >= 11 is 0. The van der Waals surface area contributed by atoms with Crippen LogP contribution in [-0.2, 0) is 14.3 Å². The van der Waals surface area contributed by atoms with Gasteiger partial charge in [-0.25, -0.2) is 4.79 Å². The van der Waals surface area contributed by atoms with Crippen molar-refractivity contribution in [2.45, 2.75) is 59.1 Å². The number of carbonyl (C=O) groups excluding carboxylic acids is 1. The zero-order valence-corrected chi connectivity index (χ0v) is 18.3. The zero-order chi connectivity index (χ0) is 21.7. The maximum Gasteiger partial charge on any atom is 0.341 e. The number of aliphatic carboxylic acids is 1. The summed E-state index contributed by atoms with van der Waals surface area (Å²) in [5.74, 6) is 0.445. The highest BCUT2D eigenvalue weighted by Crippen LogP contribution is 2.70. The van der Waals surface area contributed by atoms with Crippen LogP contribution in [0.4, 0.5) is 0 Å². The summed E-state index contributed by atoms with van der Waals surface area (Å²) in [6.45, 7) is 8.72. The number of para-hydroxylation sites is 1. The average molecular weight is 416 g/mol. The maximum atomic E-state index is 12.7. The number of carbonyl (C=O) groups is 2. The molecule has 1 unspecified atom stereocenters. The van der Waals surface area contributed by atoms with E-state index in [-0.39, 0.29) is 47.3 Å². The molecule has 4 rings (SSSR count). The Hall–Kier alpha value is -2.08. The zero-order valence-electron chi connectivity index (χ0n) is 18.3. The number of benzene rings is 1. The van der Waals surface area contributed by atoms with Crippen molar-refractivity contribution in [3.05, 3.63) is 29.8 Å². The molecule has 1 saturated heterocycles. The topological polar surface area (TPSA) is 84.9 Å². The largest absolute Gasteiger partial charge is 0.482 e. The minimum Gasteiger partial charge on any atom is -0.482 e. The van der Waals surface area contributed by atoms with Crippen molar-refractivity contribution in [2.24, 2.45) is 28.6 Å². The van der Waals surface area contributed by atoms with Crippen LogP contribution in [0.15, 0.2) is 24.3 Å². The normalized spacial score (nSPS) is 33.9. The molecular formula is C24H33NO5. The number of fused-ring (bicyclic) bond motifs is 1. The van der Waals surface area contributed by atoms with Gasteiger partial charge >= 0.3 is 5.97 Å². The van der Waals surface area contributed by atoms with Gasteiger partial charge in [0, 0.05) is 24.1 Å².